The molecule has 0 aromatic heterocycles. The average molecular weight is 227 g/mol. The van der Waals surface area contributed by atoms with Crippen molar-refractivity contribution >= 4 is 0 Å². The summed E-state index contributed by atoms with van der Waals surface area (Å²) in [7, 11) is 0. The molecule has 0 aliphatic heterocycles. The molecule has 0 heterocycles. The number of hydrogen-bond donors (Lipinski definition) is 2. The van der Waals surface area contributed by atoms with Gasteiger partial charge in [0.15, 0.2) is 11.6 Å². The Morgan fingerprint density at radius 1 is 1.25 bits per heavy atom. The van der Waals surface area contributed by atoms with Crippen molar-refractivity contribution in [3.63, 3.8) is 0 Å². The number of aromatic hydroxyl groups is 1. The lowest BCUT2D eigenvalue weighted by molar-refractivity contribution is 0.373. The molecule has 1 aromatic carbocycles. The van der Waals surface area contributed by atoms with Crippen LogP contribution < -0.4 is 5.73 Å². The SMILES string of the molecule is NCC1(c2c(F)ccc(O)c2F)CCCC1. The Kier molecular flexibility index (Phi) is 2.84. The number of benzene rings is 1. The predicted molar refractivity (Wildman–Crippen MR) is 57.2 cm³/mol. The lowest BCUT2D eigenvalue weighted by Crippen LogP contribution is -2.34. The number of phenolic OH excluding ortho intramolecular Hbond substituents is 1. The largest absolute Gasteiger partial charge is 0.505 e. The summed E-state index contributed by atoms with van der Waals surface area (Å²) in [5.74, 6) is -1.97. The number of rotatable bonds is 2. The third-order valence-corrected chi connectivity index (χ3v) is 3.55. The van der Waals surface area contributed by atoms with Gasteiger partial charge in [0.25, 0.3) is 0 Å². The summed E-state index contributed by atoms with van der Waals surface area (Å²) >= 11 is 0. The van der Waals surface area contributed by atoms with Gasteiger partial charge in [-0.2, -0.15) is 0 Å². The van der Waals surface area contributed by atoms with E-state index in [-0.39, 0.29) is 12.1 Å². The maximum absolute atomic E-state index is 13.8. The van der Waals surface area contributed by atoms with Gasteiger partial charge in [-0.3, -0.25) is 0 Å². The fourth-order valence-electron chi connectivity index (χ4n) is 2.64. The minimum absolute atomic E-state index is 0.0347. The van der Waals surface area contributed by atoms with Crippen molar-refractivity contribution in [3.8, 4) is 5.75 Å². The van der Waals surface area contributed by atoms with E-state index in [1.807, 2.05) is 0 Å². The molecule has 0 saturated heterocycles. The van der Waals surface area contributed by atoms with Gasteiger partial charge in [-0.25, -0.2) is 8.78 Å². The Balaban J connectivity index is 2.57. The molecule has 1 saturated carbocycles. The molecule has 2 rings (SSSR count). The van der Waals surface area contributed by atoms with Crippen LogP contribution in [0.4, 0.5) is 8.78 Å². The molecule has 0 amide bonds. The van der Waals surface area contributed by atoms with Gasteiger partial charge in [0.1, 0.15) is 5.82 Å². The fourth-order valence-corrected chi connectivity index (χ4v) is 2.64. The molecule has 1 aliphatic rings. The van der Waals surface area contributed by atoms with Crippen molar-refractivity contribution in [2.45, 2.75) is 31.1 Å². The fraction of sp³-hybridized carbons (Fsp3) is 0.500. The highest BCUT2D eigenvalue weighted by atomic mass is 19.1. The van der Waals surface area contributed by atoms with Crippen LogP contribution in [0.1, 0.15) is 31.2 Å². The first-order valence-electron chi connectivity index (χ1n) is 5.48. The van der Waals surface area contributed by atoms with Crippen LogP contribution in [0.3, 0.4) is 0 Å². The Morgan fingerprint density at radius 3 is 2.44 bits per heavy atom. The second kappa shape index (κ2) is 4.01. The van der Waals surface area contributed by atoms with Crippen molar-refractivity contribution < 1.29 is 13.9 Å². The molecule has 1 aromatic rings. The summed E-state index contributed by atoms with van der Waals surface area (Å²) in [6.07, 6.45) is 3.21. The van der Waals surface area contributed by atoms with Gasteiger partial charge < -0.3 is 10.8 Å². The van der Waals surface area contributed by atoms with E-state index in [2.05, 4.69) is 0 Å². The maximum atomic E-state index is 13.8. The summed E-state index contributed by atoms with van der Waals surface area (Å²) < 4.78 is 27.5. The minimum Gasteiger partial charge on any atom is -0.505 e. The first-order chi connectivity index (χ1) is 7.60. The average Bonchev–Trinajstić information content (AvgIpc) is 2.74. The molecule has 0 atom stereocenters. The van der Waals surface area contributed by atoms with Gasteiger partial charge in [-0.1, -0.05) is 12.8 Å². The summed E-state index contributed by atoms with van der Waals surface area (Å²) in [5.41, 5.74) is 5.01. The molecule has 0 unspecified atom stereocenters. The van der Waals surface area contributed by atoms with E-state index < -0.39 is 22.8 Å². The lowest BCUT2D eigenvalue weighted by atomic mass is 9.78. The third-order valence-electron chi connectivity index (χ3n) is 3.55. The Bertz CT molecular complexity index is 400. The van der Waals surface area contributed by atoms with Crippen LogP contribution in [0.5, 0.6) is 5.75 Å². The van der Waals surface area contributed by atoms with Crippen molar-refractivity contribution in [1.82, 2.24) is 0 Å². The molecule has 0 radical (unpaired) electrons. The zero-order valence-electron chi connectivity index (χ0n) is 8.97. The van der Waals surface area contributed by atoms with Gasteiger partial charge in [0.2, 0.25) is 0 Å². The molecular weight excluding hydrogens is 212 g/mol. The summed E-state index contributed by atoms with van der Waals surface area (Å²) in [6.45, 7) is 0.213. The van der Waals surface area contributed by atoms with Crippen molar-refractivity contribution in [2.24, 2.45) is 5.73 Å². The van der Waals surface area contributed by atoms with Crippen molar-refractivity contribution in [2.75, 3.05) is 6.54 Å². The van der Waals surface area contributed by atoms with Gasteiger partial charge in [-0.05, 0) is 25.0 Å². The number of hydrogen-bond acceptors (Lipinski definition) is 2. The first-order valence-corrected chi connectivity index (χ1v) is 5.48. The molecule has 2 nitrogen and oxygen atoms in total. The van der Waals surface area contributed by atoms with E-state index in [1.54, 1.807) is 0 Å². The summed E-state index contributed by atoms with van der Waals surface area (Å²) in [5, 5.41) is 9.31. The number of halogens is 2. The second-order valence-corrected chi connectivity index (χ2v) is 4.45. The normalized spacial score (nSPS) is 18.9. The van der Waals surface area contributed by atoms with E-state index in [0.717, 1.165) is 25.0 Å². The van der Waals surface area contributed by atoms with Crippen LogP contribution in [0.15, 0.2) is 12.1 Å². The number of phenols is 1. The minimum atomic E-state index is -0.854. The van der Waals surface area contributed by atoms with E-state index in [1.165, 1.54) is 0 Å². The summed E-state index contributed by atoms with van der Waals surface area (Å²) in [4.78, 5) is 0. The van der Waals surface area contributed by atoms with Crippen LogP contribution >= 0.6 is 0 Å². The lowest BCUT2D eigenvalue weighted by Gasteiger charge is -2.28. The third kappa shape index (κ3) is 1.57. The Morgan fingerprint density at radius 2 is 1.88 bits per heavy atom. The van der Waals surface area contributed by atoms with Crippen molar-refractivity contribution in [3.05, 3.63) is 29.3 Å². The van der Waals surface area contributed by atoms with Crippen LogP contribution in [0.25, 0.3) is 0 Å². The molecule has 0 bridgehead atoms. The highest BCUT2D eigenvalue weighted by Crippen LogP contribution is 2.43. The predicted octanol–water partition coefficient (Wildman–Crippen LogP) is 2.44. The molecule has 1 fully saturated rings. The topological polar surface area (TPSA) is 46.2 Å². The maximum Gasteiger partial charge on any atom is 0.171 e. The standard InChI is InChI=1S/C12H15F2NO/c13-8-3-4-9(16)11(14)10(8)12(7-15)5-1-2-6-12/h3-4,16H,1-2,5-7,15H2. The quantitative estimate of drug-likeness (QED) is 0.815. The Hall–Kier alpha value is -1.16. The van der Waals surface area contributed by atoms with Crippen LogP contribution in [0, 0.1) is 11.6 Å². The molecule has 1 aliphatic carbocycles. The smallest absolute Gasteiger partial charge is 0.171 e. The van der Waals surface area contributed by atoms with Gasteiger partial charge in [0.05, 0.1) is 0 Å². The summed E-state index contributed by atoms with van der Waals surface area (Å²) in [6, 6.07) is 2.14. The highest BCUT2D eigenvalue weighted by Gasteiger charge is 2.39. The van der Waals surface area contributed by atoms with E-state index in [4.69, 9.17) is 5.73 Å². The van der Waals surface area contributed by atoms with Gasteiger partial charge in [-0.15, -0.1) is 0 Å². The van der Waals surface area contributed by atoms with E-state index in [0.29, 0.717) is 12.8 Å². The van der Waals surface area contributed by atoms with E-state index in [9.17, 15) is 13.9 Å². The van der Waals surface area contributed by atoms with Gasteiger partial charge >= 0.3 is 0 Å². The first kappa shape index (κ1) is 11.3. The van der Waals surface area contributed by atoms with Crippen molar-refractivity contribution in [1.29, 1.82) is 0 Å². The molecule has 3 N–H and O–H groups in total. The molecule has 88 valence electrons. The second-order valence-electron chi connectivity index (χ2n) is 4.45. The molecule has 0 spiro atoms. The molecule has 16 heavy (non-hydrogen) atoms. The number of nitrogens with two attached hydrogens (primary N) is 1. The monoisotopic (exact) mass is 227 g/mol. The Labute approximate surface area is 93.1 Å². The molecular formula is C12H15F2NO. The van der Waals surface area contributed by atoms with E-state index >= 15 is 0 Å². The zero-order chi connectivity index (χ0) is 11.8. The zero-order valence-corrected chi connectivity index (χ0v) is 8.97. The molecule has 4 heteroatoms. The van der Waals surface area contributed by atoms with Gasteiger partial charge in [0, 0.05) is 17.5 Å². The van der Waals surface area contributed by atoms with Crippen LogP contribution in [0.2, 0.25) is 0 Å². The van der Waals surface area contributed by atoms with Crippen LogP contribution in [-0.4, -0.2) is 11.7 Å². The van der Waals surface area contributed by atoms with Crippen LogP contribution in [-0.2, 0) is 5.41 Å². The highest BCUT2D eigenvalue weighted by molar-refractivity contribution is 5.37.